The first kappa shape index (κ1) is 15.9. The van der Waals surface area contributed by atoms with Crippen LogP contribution in [0.4, 0.5) is 0 Å². The number of fused-ring (bicyclic) bond motifs is 1. The molecule has 1 saturated heterocycles. The number of carbonyl (C=O) groups excluding carboxylic acids is 1. The largest absolute Gasteiger partial charge is 0.352 e. The Kier molecular flexibility index (Phi) is 4.35. The van der Waals surface area contributed by atoms with Gasteiger partial charge in [0.15, 0.2) is 5.65 Å². The van der Waals surface area contributed by atoms with Gasteiger partial charge < -0.3 is 10.6 Å². The van der Waals surface area contributed by atoms with E-state index in [9.17, 15) is 4.79 Å². The van der Waals surface area contributed by atoms with Gasteiger partial charge in [-0.15, -0.1) is 0 Å². The molecule has 2 aromatic heterocycles. The van der Waals surface area contributed by atoms with Crippen LogP contribution in [0.15, 0.2) is 12.3 Å². The lowest BCUT2D eigenvalue weighted by molar-refractivity contribution is 0.0943. The van der Waals surface area contributed by atoms with E-state index in [1.165, 1.54) is 0 Å². The fourth-order valence-electron chi connectivity index (χ4n) is 2.72. The van der Waals surface area contributed by atoms with Crippen molar-refractivity contribution in [2.75, 3.05) is 19.6 Å². The molecule has 2 N–H and O–H groups in total. The Morgan fingerprint density at radius 3 is 2.70 bits per heavy atom. The zero-order valence-corrected chi connectivity index (χ0v) is 14.3. The molecule has 0 bridgehead atoms. The number of hydrogen-bond donors (Lipinski definition) is 2. The molecule has 1 amide bonds. The van der Waals surface area contributed by atoms with Crippen molar-refractivity contribution in [1.82, 2.24) is 25.4 Å². The van der Waals surface area contributed by atoms with Gasteiger partial charge in [0.2, 0.25) is 0 Å². The van der Waals surface area contributed by atoms with Gasteiger partial charge in [-0.25, -0.2) is 9.67 Å². The number of rotatable bonds is 5. The minimum absolute atomic E-state index is 0.0329. The minimum Gasteiger partial charge on any atom is -0.352 e. The molecule has 0 saturated carbocycles. The first-order valence-corrected chi connectivity index (χ1v) is 8.34. The quantitative estimate of drug-likeness (QED) is 0.886. The van der Waals surface area contributed by atoms with Crippen molar-refractivity contribution in [3.8, 4) is 0 Å². The van der Waals surface area contributed by atoms with Crippen molar-refractivity contribution in [3.63, 3.8) is 0 Å². The first-order chi connectivity index (χ1) is 11.0. The molecule has 0 atom stereocenters. The highest BCUT2D eigenvalue weighted by molar-refractivity contribution is 6.05. The van der Waals surface area contributed by atoms with Gasteiger partial charge in [-0.3, -0.25) is 4.79 Å². The molecule has 1 aliphatic rings. The molecule has 0 radical (unpaired) electrons. The summed E-state index contributed by atoms with van der Waals surface area (Å²) in [6, 6.07) is 2.12. The van der Waals surface area contributed by atoms with Gasteiger partial charge in [-0.05, 0) is 25.8 Å². The Hall–Kier alpha value is -1.95. The summed E-state index contributed by atoms with van der Waals surface area (Å²) in [7, 11) is 0. The van der Waals surface area contributed by atoms with E-state index in [-0.39, 0.29) is 17.9 Å². The number of amides is 1. The lowest BCUT2D eigenvalue weighted by Crippen LogP contribution is -2.48. The topological polar surface area (TPSA) is 71.8 Å². The Morgan fingerprint density at radius 1 is 1.39 bits per heavy atom. The second kappa shape index (κ2) is 6.28. The summed E-state index contributed by atoms with van der Waals surface area (Å²) >= 11 is 0. The monoisotopic (exact) mass is 315 g/mol. The molecular formula is C17H25N5O. The molecule has 3 heterocycles. The lowest BCUT2D eigenvalue weighted by Gasteiger charge is -2.27. The molecule has 0 spiro atoms. The Labute approximate surface area is 136 Å². The van der Waals surface area contributed by atoms with Gasteiger partial charge in [0.25, 0.3) is 5.91 Å². The summed E-state index contributed by atoms with van der Waals surface area (Å²) in [6.45, 7) is 11.0. The third-order valence-corrected chi connectivity index (χ3v) is 4.33. The maximum absolute atomic E-state index is 12.7. The second-order valence-corrected chi connectivity index (χ2v) is 6.90. The molecule has 1 aliphatic heterocycles. The summed E-state index contributed by atoms with van der Waals surface area (Å²) in [5, 5.41) is 11.5. The number of aromatic nitrogens is 3. The van der Waals surface area contributed by atoms with E-state index in [4.69, 9.17) is 4.98 Å². The number of pyridine rings is 1. The predicted octanol–water partition coefficient (Wildman–Crippen LogP) is 2.08. The highest BCUT2D eigenvalue weighted by Gasteiger charge is 2.21. The zero-order valence-electron chi connectivity index (χ0n) is 14.3. The molecule has 6 nitrogen and oxygen atoms in total. The van der Waals surface area contributed by atoms with Gasteiger partial charge in [0, 0.05) is 37.3 Å². The number of nitrogens with zero attached hydrogens (tertiary/aromatic N) is 3. The highest BCUT2D eigenvalue weighted by atomic mass is 16.1. The molecule has 2 aromatic rings. The Balaban J connectivity index is 1.97. The standard InChI is InChI=1S/C17H25N5O/c1-10(2)15-5-13(17(23)19-8-12-6-18-7-12)14-9-20-22(11(3)4)16(14)21-15/h5,9-12,18H,6-8H2,1-4H3,(H,19,23). The van der Waals surface area contributed by atoms with Crippen molar-refractivity contribution in [2.24, 2.45) is 5.92 Å². The molecule has 124 valence electrons. The van der Waals surface area contributed by atoms with Gasteiger partial charge in [-0.2, -0.15) is 5.10 Å². The molecule has 1 fully saturated rings. The lowest BCUT2D eigenvalue weighted by atomic mass is 10.0. The van der Waals surface area contributed by atoms with Crippen LogP contribution in [0.2, 0.25) is 0 Å². The third kappa shape index (κ3) is 3.08. The minimum atomic E-state index is -0.0329. The normalized spacial score (nSPS) is 15.4. The maximum Gasteiger partial charge on any atom is 0.252 e. The average molecular weight is 315 g/mol. The van der Waals surface area contributed by atoms with Crippen LogP contribution < -0.4 is 10.6 Å². The van der Waals surface area contributed by atoms with Crippen molar-refractivity contribution in [2.45, 2.75) is 39.7 Å². The van der Waals surface area contributed by atoms with E-state index in [0.29, 0.717) is 18.0 Å². The Bertz CT molecular complexity index is 715. The van der Waals surface area contributed by atoms with Crippen molar-refractivity contribution in [3.05, 3.63) is 23.5 Å². The van der Waals surface area contributed by atoms with Crippen molar-refractivity contribution >= 4 is 16.9 Å². The van der Waals surface area contributed by atoms with Crippen LogP contribution in [0, 0.1) is 5.92 Å². The van der Waals surface area contributed by atoms with Crippen molar-refractivity contribution < 1.29 is 4.79 Å². The smallest absolute Gasteiger partial charge is 0.252 e. The van der Waals surface area contributed by atoms with Crippen LogP contribution in [0.3, 0.4) is 0 Å². The molecule has 6 heteroatoms. The van der Waals surface area contributed by atoms with E-state index in [1.807, 2.05) is 10.7 Å². The van der Waals surface area contributed by atoms with Gasteiger partial charge in [0.1, 0.15) is 0 Å². The molecule has 0 aliphatic carbocycles. The Morgan fingerprint density at radius 2 is 2.13 bits per heavy atom. The van der Waals surface area contributed by atoms with Crippen LogP contribution in [0.5, 0.6) is 0 Å². The van der Waals surface area contributed by atoms with Gasteiger partial charge >= 0.3 is 0 Å². The molecule has 0 unspecified atom stereocenters. The summed E-state index contributed by atoms with van der Waals surface area (Å²) in [5.41, 5.74) is 2.40. The summed E-state index contributed by atoms with van der Waals surface area (Å²) < 4.78 is 1.88. The van der Waals surface area contributed by atoms with Crippen LogP contribution in [-0.2, 0) is 0 Å². The van der Waals surface area contributed by atoms with Gasteiger partial charge in [0.05, 0.1) is 17.1 Å². The zero-order chi connectivity index (χ0) is 16.6. The fourth-order valence-corrected chi connectivity index (χ4v) is 2.72. The summed E-state index contributed by atoms with van der Waals surface area (Å²) in [5.74, 6) is 0.769. The van der Waals surface area contributed by atoms with E-state index >= 15 is 0 Å². The van der Waals surface area contributed by atoms with E-state index in [2.05, 4.69) is 43.4 Å². The predicted molar refractivity (Wildman–Crippen MR) is 90.7 cm³/mol. The van der Waals surface area contributed by atoms with Crippen LogP contribution >= 0.6 is 0 Å². The number of carbonyl (C=O) groups is 1. The summed E-state index contributed by atoms with van der Waals surface area (Å²) in [6.07, 6.45) is 1.76. The van der Waals surface area contributed by atoms with E-state index < -0.39 is 0 Å². The highest BCUT2D eigenvalue weighted by Crippen LogP contribution is 2.24. The molecular weight excluding hydrogens is 290 g/mol. The maximum atomic E-state index is 12.7. The second-order valence-electron chi connectivity index (χ2n) is 6.90. The fraction of sp³-hybridized carbons (Fsp3) is 0.588. The first-order valence-electron chi connectivity index (χ1n) is 8.34. The van der Waals surface area contributed by atoms with Crippen molar-refractivity contribution in [1.29, 1.82) is 0 Å². The number of nitrogens with one attached hydrogen (secondary N) is 2. The molecule has 23 heavy (non-hydrogen) atoms. The third-order valence-electron chi connectivity index (χ3n) is 4.33. The van der Waals surface area contributed by atoms with Crippen LogP contribution in [0.1, 0.15) is 55.7 Å². The van der Waals surface area contributed by atoms with Gasteiger partial charge in [-0.1, -0.05) is 13.8 Å². The number of hydrogen-bond acceptors (Lipinski definition) is 4. The van der Waals surface area contributed by atoms with Crippen LogP contribution in [0.25, 0.3) is 11.0 Å². The summed E-state index contributed by atoms with van der Waals surface area (Å²) in [4.78, 5) is 17.4. The average Bonchev–Trinajstić information content (AvgIpc) is 2.88. The van der Waals surface area contributed by atoms with Crippen LogP contribution in [-0.4, -0.2) is 40.3 Å². The molecule has 0 aromatic carbocycles. The molecule has 3 rings (SSSR count). The van der Waals surface area contributed by atoms with E-state index in [0.717, 1.165) is 29.8 Å². The SMILES string of the molecule is CC(C)c1cc(C(=O)NCC2CNC2)c2cnn(C(C)C)c2n1. The van der Waals surface area contributed by atoms with E-state index in [1.54, 1.807) is 6.20 Å².